The number of carbonyl (C=O) groups excluding carboxylic acids is 5. The monoisotopic (exact) mass is 749 g/mol. The number of amides is 2. The minimum Gasteiger partial charge on any atom is -0.476 e. The van der Waals surface area contributed by atoms with Crippen LogP contribution in [0.3, 0.4) is 0 Å². The van der Waals surface area contributed by atoms with Gasteiger partial charge in [0.1, 0.15) is 22.6 Å². The molecule has 19 heteroatoms. The van der Waals surface area contributed by atoms with Gasteiger partial charge in [-0.05, 0) is 55.4 Å². The van der Waals surface area contributed by atoms with E-state index in [9.17, 15) is 33.9 Å². The SMILES string of the molecule is Cc1nc(/C(=N/OC2(C(=O)OC(C)(C)C)CC2)C(=O)O)cs1.Cc1nc(/C(=N/OC2(C(=O)OC(C)(C)C)CC2)C(=O)ON2C(=O)CCC2=O)cs1. The van der Waals surface area contributed by atoms with Gasteiger partial charge in [-0.3, -0.25) is 9.59 Å². The van der Waals surface area contributed by atoms with Gasteiger partial charge in [-0.1, -0.05) is 10.3 Å². The average Bonchev–Trinajstić information content (AvgIpc) is 3.86. The van der Waals surface area contributed by atoms with Crippen molar-refractivity contribution in [2.75, 3.05) is 0 Å². The lowest BCUT2D eigenvalue weighted by atomic mass is 10.2. The maximum absolute atomic E-state index is 12.6. The third-order valence-corrected chi connectivity index (χ3v) is 8.42. The Morgan fingerprint density at radius 3 is 1.47 bits per heavy atom. The first-order chi connectivity index (χ1) is 23.6. The molecule has 2 aromatic heterocycles. The van der Waals surface area contributed by atoms with E-state index in [4.69, 9.17) is 24.0 Å². The van der Waals surface area contributed by atoms with Crippen LogP contribution in [0.25, 0.3) is 0 Å². The number of carbonyl (C=O) groups is 6. The molecule has 3 heterocycles. The zero-order valence-corrected chi connectivity index (χ0v) is 31.0. The van der Waals surface area contributed by atoms with Crippen LogP contribution in [0.2, 0.25) is 0 Å². The average molecular weight is 750 g/mol. The first kappa shape index (κ1) is 39.0. The molecule has 2 amide bonds. The highest BCUT2D eigenvalue weighted by atomic mass is 32.1. The zero-order chi connectivity index (χ0) is 37.9. The van der Waals surface area contributed by atoms with E-state index in [0.29, 0.717) is 35.8 Å². The van der Waals surface area contributed by atoms with Crippen molar-refractivity contribution in [2.24, 2.45) is 10.3 Å². The molecule has 3 aliphatic rings. The highest BCUT2D eigenvalue weighted by Crippen LogP contribution is 2.43. The van der Waals surface area contributed by atoms with E-state index in [2.05, 4.69) is 20.3 Å². The Morgan fingerprint density at radius 2 is 1.14 bits per heavy atom. The maximum Gasteiger partial charge on any atom is 0.387 e. The first-order valence-electron chi connectivity index (χ1n) is 15.8. The van der Waals surface area contributed by atoms with Gasteiger partial charge in [0.25, 0.3) is 11.8 Å². The van der Waals surface area contributed by atoms with Crippen molar-refractivity contribution >= 4 is 69.8 Å². The third-order valence-electron chi connectivity index (χ3n) is 6.87. The normalized spacial score (nSPS) is 17.9. The first-order valence-corrected chi connectivity index (χ1v) is 17.6. The molecule has 2 aromatic rings. The van der Waals surface area contributed by atoms with Gasteiger partial charge in [0.15, 0.2) is 0 Å². The molecule has 51 heavy (non-hydrogen) atoms. The minimum atomic E-state index is -1.27. The van der Waals surface area contributed by atoms with Gasteiger partial charge in [-0.25, -0.2) is 29.1 Å². The number of carboxylic acids is 1. The topological polar surface area (TPSA) is 223 Å². The fourth-order valence-electron chi connectivity index (χ4n) is 4.01. The van der Waals surface area contributed by atoms with Crippen molar-refractivity contribution < 1.29 is 57.9 Å². The number of oxime groups is 2. The van der Waals surface area contributed by atoms with E-state index in [0.717, 1.165) is 5.01 Å². The maximum atomic E-state index is 12.6. The summed E-state index contributed by atoms with van der Waals surface area (Å²) in [6.45, 7) is 14.0. The number of rotatable bonds is 11. The van der Waals surface area contributed by atoms with Crippen molar-refractivity contribution in [1.82, 2.24) is 15.0 Å². The van der Waals surface area contributed by atoms with Crippen LogP contribution < -0.4 is 0 Å². The van der Waals surface area contributed by atoms with Gasteiger partial charge in [0.05, 0.1) is 10.0 Å². The van der Waals surface area contributed by atoms with Crippen LogP contribution in [0.4, 0.5) is 0 Å². The smallest absolute Gasteiger partial charge is 0.387 e. The fraction of sp³-hybridized carbons (Fsp3) is 0.562. The molecule has 0 atom stereocenters. The van der Waals surface area contributed by atoms with E-state index in [1.165, 1.54) is 22.7 Å². The molecule has 3 fully saturated rings. The quantitative estimate of drug-likeness (QED) is 0.149. The molecule has 17 nitrogen and oxygen atoms in total. The van der Waals surface area contributed by atoms with Gasteiger partial charge in [-0.15, -0.1) is 27.7 Å². The molecule has 1 aliphatic heterocycles. The van der Waals surface area contributed by atoms with Crippen molar-refractivity contribution in [1.29, 1.82) is 0 Å². The number of aryl methyl sites for hydroxylation is 2. The number of esters is 2. The van der Waals surface area contributed by atoms with E-state index in [1.807, 2.05) is 0 Å². The number of hydrogen-bond acceptors (Lipinski definition) is 17. The Hall–Kier alpha value is -4.78. The molecular weight excluding hydrogens is 711 g/mol. The minimum absolute atomic E-state index is 0.0351. The van der Waals surface area contributed by atoms with E-state index >= 15 is 0 Å². The molecule has 2 aliphatic carbocycles. The third kappa shape index (κ3) is 10.4. The Bertz CT molecular complexity index is 1760. The van der Waals surface area contributed by atoms with Gasteiger partial charge >= 0.3 is 23.9 Å². The van der Waals surface area contributed by atoms with Crippen molar-refractivity contribution in [3.8, 4) is 0 Å². The molecule has 0 bridgehead atoms. The van der Waals surface area contributed by atoms with Crippen LogP contribution in [0.15, 0.2) is 21.1 Å². The number of thiazole rings is 2. The number of imide groups is 1. The van der Waals surface area contributed by atoms with Crippen molar-refractivity contribution in [3.63, 3.8) is 0 Å². The van der Waals surface area contributed by atoms with Gasteiger partial charge in [0.2, 0.25) is 22.6 Å². The van der Waals surface area contributed by atoms with Gasteiger partial charge in [0, 0.05) is 49.3 Å². The lowest BCUT2D eigenvalue weighted by Gasteiger charge is -2.22. The van der Waals surface area contributed by atoms with Crippen LogP contribution in [0.5, 0.6) is 0 Å². The summed E-state index contributed by atoms with van der Waals surface area (Å²) in [6, 6.07) is 0. The molecule has 0 unspecified atom stereocenters. The number of ether oxygens (including phenoxy) is 2. The molecule has 5 rings (SSSR count). The Morgan fingerprint density at radius 1 is 0.745 bits per heavy atom. The zero-order valence-electron chi connectivity index (χ0n) is 29.4. The Labute approximate surface area is 300 Å². The molecule has 2 saturated carbocycles. The number of aliphatic carboxylic acids is 1. The van der Waals surface area contributed by atoms with E-state index < -0.39 is 58.1 Å². The summed E-state index contributed by atoms with van der Waals surface area (Å²) in [6.07, 6.45) is 1.60. The number of hydrogen-bond donors (Lipinski definition) is 1. The largest absolute Gasteiger partial charge is 0.476 e. The molecule has 1 N–H and O–H groups in total. The summed E-state index contributed by atoms with van der Waals surface area (Å²) in [4.78, 5) is 95.6. The molecule has 0 radical (unpaired) electrons. The highest BCUT2D eigenvalue weighted by molar-refractivity contribution is 7.10. The van der Waals surface area contributed by atoms with Gasteiger partial charge < -0.3 is 29.1 Å². The summed E-state index contributed by atoms with van der Waals surface area (Å²) in [7, 11) is 0. The summed E-state index contributed by atoms with van der Waals surface area (Å²) >= 11 is 2.57. The van der Waals surface area contributed by atoms with E-state index in [-0.39, 0.29) is 35.7 Å². The molecule has 0 aromatic carbocycles. The standard InChI is InChI=1S/C18H21N3O7S.C14H18N2O5S/c1-10-19-11(9-29-10)14(15(24)27-21-12(22)5-6-13(21)23)20-28-18(7-8-18)16(25)26-17(2,3)4;1-8-15-9(7-22-8)10(11(17)18)16-21-14(5-6-14)12(19)20-13(2,3)4/h9H,5-8H2,1-4H3;7H,5-6H2,1-4H3,(H,17,18)/b20-14-;16-10-. The highest BCUT2D eigenvalue weighted by Gasteiger charge is 2.57. The Kier molecular flexibility index (Phi) is 11.3. The molecule has 0 spiro atoms. The van der Waals surface area contributed by atoms with Crippen LogP contribution in [-0.4, -0.2) is 89.7 Å². The summed E-state index contributed by atoms with van der Waals surface area (Å²) in [5, 5.41) is 21.6. The predicted molar refractivity (Wildman–Crippen MR) is 179 cm³/mol. The van der Waals surface area contributed by atoms with E-state index in [1.54, 1.807) is 66.2 Å². The number of nitrogens with zero attached hydrogens (tertiary/aromatic N) is 5. The number of aromatic nitrogens is 2. The predicted octanol–water partition coefficient (Wildman–Crippen LogP) is 3.78. The summed E-state index contributed by atoms with van der Waals surface area (Å²) < 4.78 is 10.6. The van der Waals surface area contributed by atoms with Crippen molar-refractivity contribution in [2.45, 2.75) is 116 Å². The molecule has 1 saturated heterocycles. The lowest BCUT2D eigenvalue weighted by Crippen LogP contribution is -2.36. The Balaban J connectivity index is 0.000000238. The number of carboxylic acid groups (broad SMARTS) is 1. The number of hydroxylamine groups is 2. The van der Waals surface area contributed by atoms with Crippen LogP contribution >= 0.6 is 22.7 Å². The van der Waals surface area contributed by atoms with Gasteiger partial charge in [-0.2, -0.15) is 0 Å². The molecule has 276 valence electrons. The van der Waals surface area contributed by atoms with Crippen molar-refractivity contribution in [3.05, 3.63) is 32.2 Å². The second-order valence-corrected chi connectivity index (χ2v) is 15.9. The molecular formula is C32H39N5O12S2. The van der Waals surface area contributed by atoms with Crippen LogP contribution in [0, 0.1) is 13.8 Å². The second-order valence-electron chi connectivity index (χ2n) is 13.8. The summed E-state index contributed by atoms with van der Waals surface area (Å²) in [5.41, 5.74) is -4.09. The fourth-order valence-corrected chi connectivity index (χ4v) is 5.21. The summed E-state index contributed by atoms with van der Waals surface area (Å²) in [5.74, 6) is -4.69. The second kappa shape index (κ2) is 14.8. The van der Waals surface area contributed by atoms with Crippen LogP contribution in [0.1, 0.15) is 101 Å². The lowest BCUT2D eigenvalue weighted by molar-refractivity contribution is -0.192. The van der Waals surface area contributed by atoms with Crippen LogP contribution in [-0.2, 0) is 52.8 Å².